The van der Waals surface area contributed by atoms with E-state index in [1.54, 1.807) is 0 Å². The summed E-state index contributed by atoms with van der Waals surface area (Å²) in [5, 5.41) is 6.14. The molecule has 6 nitrogen and oxygen atoms in total. The van der Waals surface area contributed by atoms with Gasteiger partial charge in [-0.15, -0.1) is 0 Å². The van der Waals surface area contributed by atoms with Gasteiger partial charge in [0, 0.05) is 33.4 Å². The number of fused-ring (bicyclic) bond motifs is 6. The number of aromatic nitrogens is 6. The predicted octanol–water partition coefficient (Wildman–Crippen LogP) is 23.0. The minimum atomic E-state index is -1.67. The molecule has 512 valence electrons. The minimum Gasteiger partial charge on any atom is -0.208 e. The first-order valence-electron chi connectivity index (χ1n) is 37.0. The third kappa shape index (κ3) is 13.0. The van der Waals surface area contributed by atoms with Gasteiger partial charge < -0.3 is 0 Å². The van der Waals surface area contributed by atoms with E-state index >= 15 is 0 Å². The molecule has 108 heavy (non-hydrogen) atoms. The average Bonchev–Trinajstić information content (AvgIpc) is 1.58. The summed E-state index contributed by atoms with van der Waals surface area (Å²) >= 11 is 0. The Morgan fingerprint density at radius 1 is 0.139 bits per heavy atom. The molecule has 2 aliphatic heterocycles. The van der Waals surface area contributed by atoms with Crippen LogP contribution in [0.15, 0.2) is 376 Å². The molecule has 15 aromatic carbocycles. The maximum absolute atomic E-state index is 5.04. The van der Waals surface area contributed by atoms with E-state index in [2.05, 4.69) is 354 Å². The molecule has 8 heteroatoms. The van der Waals surface area contributed by atoms with Gasteiger partial charge >= 0.3 is 0 Å². The Balaban J connectivity index is 0.000000153. The van der Waals surface area contributed by atoms with Crippen molar-refractivity contribution < 1.29 is 0 Å². The first kappa shape index (κ1) is 66.7. The summed E-state index contributed by atoms with van der Waals surface area (Å²) in [6, 6.07) is 134. The molecule has 0 N–H and O–H groups in total. The molecule has 0 atom stereocenters. The van der Waals surface area contributed by atoms with Crippen molar-refractivity contribution in [3.8, 4) is 168 Å². The maximum Gasteiger partial charge on any atom is 0.164 e. The van der Waals surface area contributed by atoms with Crippen LogP contribution < -0.4 is 20.7 Å². The van der Waals surface area contributed by atoms with Crippen LogP contribution in [-0.2, 0) is 0 Å². The molecule has 0 spiro atoms. The topological polar surface area (TPSA) is 77.3 Å². The largest absolute Gasteiger partial charge is 0.208 e. The van der Waals surface area contributed by atoms with Gasteiger partial charge in [-0.1, -0.05) is 390 Å². The van der Waals surface area contributed by atoms with E-state index in [9.17, 15) is 0 Å². The fourth-order valence-corrected chi connectivity index (χ4v) is 21.7. The van der Waals surface area contributed by atoms with E-state index in [-0.39, 0.29) is 0 Å². The number of benzene rings is 15. The zero-order chi connectivity index (χ0) is 72.7. The highest BCUT2D eigenvalue weighted by Gasteiger charge is 2.38. The second-order valence-corrected chi connectivity index (χ2v) is 37.6. The molecule has 0 saturated carbocycles. The van der Waals surface area contributed by atoms with Crippen molar-refractivity contribution in [3.05, 3.63) is 376 Å². The third-order valence-corrected chi connectivity index (χ3v) is 28.7. The van der Waals surface area contributed by atoms with Crippen LogP contribution in [0.3, 0.4) is 0 Å². The van der Waals surface area contributed by atoms with Crippen molar-refractivity contribution in [2.24, 2.45) is 0 Å². The van der Waals surface area contributed by atoms with E-state index in [1.807, 2.05) is 48.5 Å². The molecular weight excluding hydrogens is 1340 g/mol. The summed E-state index contributed by atoms with van der Waals surface area (Å²) in [5.41, 5.74) is 27.9. The molecule has 19 rings (SSSR count). The molecule has 2 aromatic heterocycles. The third-order valence-electron chi connectivity index (χ3n) is 21.6. The fraction of sp³-hybridized carbons (Fsp3) is 0.0400. The molecule has 17 aromatic rings. The number of rotatable bonds is 13. The number of nitrogens with zero attached hydrogens (tertiary/aromatic N) is 6. The lowest BCUT2D eigenvalue weighted by Gasteiger charge is -2.18. The minimum absolute atomic E-state index is 0.639. The molecule has 0 amide bonds. The Kier molecular flexibility index (Phi) is 17.5. The highest BCUT2D eigenvalue weighted by molar-refractivity contribution is 7.04. The lowest BCUT2D eigenvalue weighted by Crippen LogP contribution is -2.49. The highest BCUT2D eigenvalue weighted by atomic mass is 28.3. The van der Waals surface area contributed by atoms with Crippen molar-refractivity contribution in [2.75, 3.05) is 0 Å². The van der Waals surface area contributed by atoms with Gasteiger partial charge in [0.05, 0.1) is 0 Å². The van der Waals surface area contributed by atoms with E-state index in [0.29, 0.717) is 34.9 Å². The lowest BCUT2D eigenvalue weighted by atomic mass is 9.97. The van der Waals surface area contributed by atoms with Gasteiger partial charge in [0.15, 0.2) is 34.9 Å². The monoisotopic (exact) mass is 1410 g/mol. The lowest BCUT2D eigenvalue weighted by molar-refractivity contribution is 1.07. The zero-order valence-corrected chi connectivity index (χ0v) is 62.5. The first-order valence-corrected chi connectivity index (χ1v) is 43.0. The van der Waals surface area contributed by atoms with E-state index < -0.39 is 16.1 Å². The Labute approximate surface area is 633 Å². The van der Waals surface area contributed by atoms with Crippen molar-refractivity contribution in [2.45, 2.75) is 26.2 Å². The first-order chi connectivity index (χ1) is 53.0. The van der Waals surface area contributed by atoms with Crippen LogP contribution in [0.4, 0.5) is 0 Å². The maximum atomic E-state index is 5.04. The number of hydrogen-bond acceptors (Lipinski definition) is 6. The van der Waals surface area contributed by atoms with E-state index in [0.717, 1.165) is 61.2 Å². The van der Waals surface area contributed by atoms with Gasteiger partial charge in [0.2, 0.25) is 0 Å². The molecule has 0 fully saturated rings. The normalized spacial score (nSPS) is 12.6. The molecule has 0 aliphatic carbocycles. The molecule has 0 unspecified atom stereocenters. The summed E-state index contributed by atoms with van der Waals surface area (Å²) in [4.78, 5) is 29.9. The van der Waals surface area contributed by atoms with Crippen LogP contribution in [0.2, 0.25) is 26.2 Å². The van der Waals surface area contributed by atoms with Crippen LogP contribution in [0.25, 0.3) is 168 Å². The Morgan fingerprint density at radius 3 is 0.537 bits per heavy atom. The van der Waals surface area contributed by atoms with Crippen molar-refractivity contribution in [1.82, 2.24) is 29.9 Å². The standard InChI is InChI=1S/C53H39N3Si.C47H35N3Si/c1-57(2)49-16-10-9-15-47(49)48-35-46(33-34-50(48)57)42-19-17-40(18-20-42)41-25-31-45(32-26-41)53-55-51(43-27-21-38(22-28-43)36-11-5-3-6-12-36)54-52(56-53)44-29-23-39(24-30-44)37-13-7-4-8-14-37;1-51(2)43-16-10-9-15-41(43)42-31-40(29-30-44(42)51)36-19-17-34(18-20-36)35-23-27-39(28-24-35)47-49-45(37-13-7-4-8-14-37)48-46(50-47)38-25-21-33(22-26-38)32-11-5-3-6-12-32/h3-35H,1-2H3;3-31H,1-2H3. The summed E-state index contributed by atoms with van der Waals surface area (Å²) in [6.07, 6.45) is 0. The van der Waals surface area contributed by atoms with Gasteiger partial charge in [0.1, 0.15) is 16.1 Å². The molecule has 4 heterocycles. The Hall–Kier alpha value is -13.2. The molecule has 0 bridgehead atoms. The summed E-state index contributed by atoms with van der Waals surface area (Å²) < 4.78 is 0. The SMILES string of the molecule is C[Si]1(C)c2ccccc2-c2cc(-c3ccc(-c4ccc(-c5nc(-c6ccc(-c7ccccc7)cc6)nc(-c6ccc(-c7ccccc7)cc6)n5)cc4)cc3)ccc21.C[Si]1(C)c2ccccc2-c2cc(-c3ccc(-c4ccc(-c5nc(-c6ccccc6)nc(-c6ccc(-c7ccccc7)cc6)n5)cc4)cc3)ccc21. The predicted molar refractivity (Wildman–Crippen MR) is 455 cm³/mol. The van der Waals surface area contributed by atoms with Crippen molar-refractivity contribution >= 4 is 36.9 Å². The molecule has 2 aliphatic rings. The smallest absolute Gasteiger partial charge is 0.164 e. The van der Waals surface area contributed by atoms with E-state index in [4.69, 9.17) is 29.9 Å². The van der Waals surface area contributed by atoms with Crippen molar-refractivity contribution in [1.29, 1.82) is 0 Å². The Morgan fingerprint density at radius 2 is 0.296 bits per heavy atom. The van der Waals surface area contributed by atoms with Crippen LogP contribution in [0, 0.1) is 0 Å². The summed E-state index contributed by atoms with van der Waals surface area (Å²) in [7, 11) is -3.32. The van der Waals surface area contributed by atoms with Gasteiger partial charge in [-0.25, -0.2) is 29.9 Å². The quantitative estimate of drug-likeness (QED) is 0.107. The fourth-order valence-electron chi connectivity index (χ4n) is 15.6. The Bertz CT molecular complexity index is 6030. The molecule has 0 radical (unpaired) electrons. The second-order valence-electron chi connectivity index (χ2n) is 29.0. The average molecular weight is 1420 g/mol. The molecule has 0 saturated heterocycles. The van der Waals surface area contributed by atoms with Gasteiger partial charge in [0.25, 0.3) is 0 Å². The van der Waals surface area contributed by atoms with E-state index in [1.165, 1.54) is 93.1 Å². The van der Waals surface area contributed by atoms with Gasteiger partial charge in [-0.3, -0.25) is 0 Å². The van der Waals surface area contributed by atoms with Gasteiger partial charge in [-0.05, 0) is 133 Å². The van der Waals surface area contributed by atoms with Crippen molar-refractivity contribution in [3.63, 3.8) is 0 Å². The zero-order valence-electron chi connectivity index (χ0n) is 60.5. The summed E-state index contributed by atoms with van der Waals surface area (Å²) in [5.74, 6) is 3.88. The van der Waals surface area contributed by atoms with Crippen LogP contribution in [0.1, 0.15) is 0 Å². The molecular formula is C100H74N6Si2. The number of hydrogen-bond donors (Lipinski definition) is 0. The van der Waals surface area contributed by atoms with Crippen LogP contribution in [-0.4, -0.2) is 46.1 Å². The second kappa shape index (κ2) is 28.3. The van der Waals surface area contributed by atoms with Crippen LogP contribution in [0.5, 0.6) is 0 Å². The summed E-state index contributed by atoms with van der Waals surface area (Å²) in [6.45, 7) is 9.85. The van der Waals surface area contributed by atoms with Crippen LogP contribution >= 0.6 is 0 Å². The van der Waals surface area contributed by atoms with Gasteiger partial charge in [-0.2, -0.15) is 0 Å². The highest BCUT2D eigenvalue weighted by Crippen LogP contribution is 2.38.